The van der Waals surface area contributed by atoms with E-state index in [0.29, 0.717) is 4.70 Å². The molecule has 0 bridgehead atoms. The van der Waals surface area contributed by atoms with Crippen LogP contribution >= 0.6 is 11.3 Å². The van der Waals surface area contributed by atoms with Gasteiger partial charge in [-0.1, -0.05) is 11.3 Å². The first kappa shape index (κ1) is 24.3. The van der Waals surface area contributed by atoms with Gasteiger partial charge in [0.15, 0.2) is 24.1 Å². The molecule has 0 spiro atoms. The molecule has 13 nitrogen and oxygen atoms in total. The molecule has 1 aliphatic heterocycles. The first-order valence-corrected chi connectivity index (χ1v) is 10.6. The van der Waals surface area contributed by atoms with Crippen LogP contribution in [0.25, 0.3) is 10.3 Å². The van der Waals surface area contributed by atoms with Crippen molar-refractivity contribution in [2.75, 3.05) is 20.7 Å². The van der Waals surface area contributed by atoms with E-state index >= 15 is 0 Å². The Morgan fingerprint density at radius 3 is 2.45 bits per heavy atom. The fourth-order valence-corrected chi connectivity index (χ4v) is 4.00. The fourth-order valence-electron chi connectivity index (χ4n) is 3.18. The minimum atomic E-state index is -1.21. The number of carbonyl (C=O) groups is 3. The third kappa shape index (κ3) is 5.70. The lowest BCUT2D eigenvalue weighted by Gasteiger charge is -2.23. The maximum Gasteiger partial charge on any atom is 0.311 e. The summed E-state index contributed by atoms with van der Waals surface area (Å²) >= 11 is 0.861. The summed E-state index contributed by atoms with van der Waals surface area (Å²) in [4.78, 5) is 61.6. The standard InChI is InChI=1S/C19H23N5O8S/c1-9(25)29-7-12-14(30-10(2)26)15(31-11(3)27)17(32-12)24-16-13(33-19(24)28)6-20-18(22-16)21-8-23(4)5/h6,8,12,14-15,17H,7H2,1-5H3/b21-8+/t12-,14-,15-,17-/m1/s1. The highest BCUT2D eigenvalue weighted by molar-refractivity contribution is 7.16. The van der Waals surface area contributed by atoms with Gasteiger partial charge in [-0.25, -0.2) is 9.98 Å². The van der Waals surface area contributed by atoms with Crippen LogP contribution in [-0.2, 0) is 33.3 Å². The van der Waals surface area contributed by atoms with Gasteiger partial charge in [0.1, 0.15) is 12.7 Å². The van der Waals surface area contributed by atoms with Crippen molar-refractivity contribution in [3.8, 4) is 0 Å². The highest BCUT2D eigenvalue weighted by Gasteiger charge is 2.51. The average Bonchev–Trinajstić information content (AvgIpc) is 3.20. The summed E-state index contributed by atoms with van der Waals surface area (Å²) in [5.74, 6) is -1.84. The zero-order valence-corrected chi connectivity index (χ0v) is 19.4. The van der Waals surface area contributed by atoms with E-state index < -0.39 is 47.3 Å². The lowest BCUT2D eigenvalue weighted by molar-refractivity contribution is -0.166. The van der Waals surface area contributed by atoms with Crippen LogP contribution in [0.3, 0.4) is 0 Å². The van der Waals surface area contributed by atoms with Gasteiger partial charge < -0.3 is 23.8 Å². The van der Waals surface area contributed by atoms with Crippen LogP contribution in [0, 0.1) is 0 Å². The van der Waals surface area contributed by atoms with Crippen molar-refractivity contribution in [3.05, 3.63) is 15.9 Å². The minimum Gasteiger partial charge on any atom is -0.463 e. The molecule has 1 saturated heterocycles. The summed E-state index contributed by atoms with van der Waals surface area (Å²) < 4.78 is 23.3. The number of aliphatic imine (C=N–C) groups is 1. The minimum absolute atomic E-state index is 0.0952. The van der Waals surface area contributed by atoms with E-state index in [9.17, 15) is 19.2 Å². The zero-order chi connectivity index (χ0) is 24.3. The summed E-state index contributed by atoms with van der Waals surface area (Å²) in [6, 6.07) is 0. The Labute approximate surface area is 191 Å². The largest absolute Gasteiger partial charge is 0.463 e. The molecule has 0 aliphatic carbocycles. The van der Waals surface area contributed by atoms with Gasteiger partial charge in [-0.2, -0.15) is 4.98 Å². The highest BCUT2D eigenvalue weighted by atomic mass is 32.1. The van der Waals surface area contributed by atoms with Crippen LogP contribution in [0.2, 0.25) is 0 Å². The van der Waals surface area contributed by atoms with Crippen LogP contribution in [0.5, 0.6) is 0 Å². The Kier molecular flexibility index (Phi) is 7.38. The molecule has 0 N–H and O–H groups in total. The van der Waals surface area contributed by atoms with Crippen LogP contribution in [0.1, 0.15) is 27.0 Å². The molecular weight excluding hydrogens is 458 g/mol. The van der Waals surface area contributed by atoms with E-state index in [2.05, 4.69) is 15.0 Å². The first-order valence-electron chi connectivity index (χ1n) is 9.78. The summed E-state index contributed by atoms with van der Waals surface area (Å²) in [5.41, 5.74) is 0.197. The molecule has 1 fully saturated rings. The van der Waals surface area contributed by atoms with Crippen LogP contribution in [0.15, 0.2) is 16.0 Å². The molecule has 0 saturated carbocycles. The lowest BCUT2D eigenvalue weighted by Crippen LogP contribution is -2.41. The van der Waals surface area contributed by atoms with Crippen molar-refractivity contribution < 1.29 is 33.3 Å². The van der Waals surface area contributed by atoms with Gasteiger partial charge in [-0.3, -0.25) is 23.7 Å². The van der Waals surface area contributed by atoms with Crippen molar-refractivity contribution in [1.82, 2.24) is 19.4 Å². The Morgan fingerprint density at radius 1 is 1.18 bits per heavy atom. The van der Waals surface area contributed by atoms with Gasteiger partial charge in [0.05, 0.1) is 17.2 Å². The molecule has 14 heteroatoms. The number of rotatable bonds is 7. The van der Waals surface area contributed by atoms with Crippen LogP contribution in [0.4, 0.5) is 5.95 Å². The number of hydrogen-bond acceptors (Lipinski definition) is 12. The van der Waals surface area contributed by atoms with Crippen molar-refractivity contribution in [2.24, 2.45) is 4.99 Å². The molecule has 4 atom stereocenters. The third-order valence-electron chi connectivity index (χ3n) is 4.34. The summed E-state index contributed by atoms with van der Waals surface area (Å²) in [6.45, 7) is 3.27. The average molecular weight is 481 g/mol. The second-order valence-corrected chi connectivity index (χ2v) is 8.31. The molecule has 0 amide bonds. The molecule has 0 radical (unpaired) electrons. The van der Waals surface area contributed by atoms with E-state index in [1.54, 1.807) is 19.0 Å². The first-order chi connectivity index (χ1) is 15.6. The van der Waals surface area contributed by atoms with Crippen molar-refractivity contribution in [2.45, 2.75) is 45.3 Å². The van der Waals surface area contributed by atoms with Crippen LogP contribution in [-0.4, -0.2) is 82.7 Å². The Bertz CT molecular complexity index is 1140. The molecule has 3 rings (SSSR count). The van der Waals surface area contributed by atoms with E-state index in [1.165, 1.54) is 37.9 Å². The molecule has 0 unspecified atom stereocenters. The SMILES string of the molecule is CC(=O)OC[C@H]1O[C@@H](n2c(=O)sc3cnc(/N=C/N(C)C)nc32)[C@H](OC(C)=O)[C@@H]1OC(C)=O. The van der Waals surface area contributed by atoms with Crippen molar-refractivity contribution >= 4 is 51.9 Å². The van der Waals surface area contributed by atoms with Gasteiger partial charge in [-0.05, 0) is 0 Å². The van der Waals surface area contributed by atoms with E-state index in [-0.39, 0.29) is 18.2 Å². The number of carbonyl (C=O) groups excluding carboxylic acids is 3. The maximum atomic E-state index is 12.9. The number of hydrogen-bond donors (Lipinski definition) is 0. The molecule has 178 valence electrons. The van der Waals surface area contributed by atoms with Gasteiger partial charge in [0.2, 0.25) is 0 Å². The second-order valence-electron chi connectivity index (χ2n) is 7.32. The van der Waals surface area contributed by atoms with Gasteiger partial charge in [0, 0.05) is 34.9 Å². The molecule has 3 heterocycles. The molecule has 2 aromatic heterocycles. The third-order valence-corrected chi connectivity index (χ3v) is 5.22. The topological polar surface area (TPSA) is 152 Å². The van der Waals surface area contributed by atoms with Gasteiger partial charge in [0.25, 0.3) is 5.95 Å². The van der Waals surface area contributed by atoms with E-state index in [4.69, 9.17) is 18.9 Å². The quantitative estimate of drug-likeness (QED) is 0.234. The maximum absolute atomic E-state index is 12.9. The monoisotopic (exact) mass is 481 g/mol. The highest BCUT2D eigenvalue weighted by Crippen LogP contribution is 2.36. The summed E-state index contributed by atoms with van der Waals surface area (Å²) in [5, 5.41) is 0. The normalized spacial score (nSPS) is 22.5. The predicted octanol–water partition coefficient (Wildman–Crippen LogP) is 0.398. The molecule has 1 aliphatic rings. The number of fused-ring (bicyclic) bond motifs is 1. The number of aromatic nitrogens is 3. The molecular formula is C19H23N5O8S. The summed E-state index contributed by atoms with van der Waals surface area (Å²) in [6.07, 6.45) is -1.60. The fraction of sp³-hybridized carbons (Fsp3) is 0.526. The molecule has 2 aromatic rings. The van der Waals surface area contributed by atoms with Gasteiger partial charge >= 0.3 is 22.8 Å². The Hall–Kier alpha value is -3.39. The summed E-state index contributed by atoms with van der Waals surface area (Å²) in [7, 11) is 3.55. The Morgan fingerprint density at radius 2 is 1.85 bits per heavy atom. The van der Waals surface area contributed by atoms with Crippen molar-refractivity contribution in [3.63, 3.8) is 0 Å². The van der Waals surface area contributed by atoms with Crippen molar-refractivity contribution in [1.29, 1.82) is 0 Å². The zero-order valence-electron chi connectivity index (χ0n) is 18.6. The number of ether oxygens (including phenoxy) is 4. The number of nitrogens with zero attached hydrogens (tertiary/aromatic N) is 5. The Balaban J connectivity index is 2.09. The second kappa shape index (κ2) is 10.0. The smallest absolute Gasteiger partial charge is 0.311 e. The lowest BCUT2D eigenvalue weighted by atomic mass is 10.1. The molecule has 0 aromatic carbocycles. The predicted molar refractivity (Wildman–Crippen MR) is 115 cm³/mol. The van der Waals surface area contributed by atoms with Gasteiger partial charge in [-0.15, -0.1) is 0 Å². The number of thiazole rings is 1. The number of esters is 3. The van der Waals surface area contributed by atoms with E-state index in [0.717, 1.165) is 11.3 Å². The molecule has 33 heavy (non-hydrogen) atoms. The van der Waals surface area contributed by atoms with E-state index in [1.807, 2.05) is 0 Å². The van der Waals surface area contributed by atoms with Crippen LogP contribution < -0.4 is 4.87 Å².